The standard InChI is InChI=1S/C9H9NO5S3/c1-2-17(11,12)9-10-7-5-6(18(13,14)15)3-4-8(7)16-9/h3-5H,2H2,1H3,(H,13,14,15). The first kappa shape index (κ1) is 13.4. The molecule has 0 saturated heterocycles. The van der Waals surface area contributed by atoms with E-state index in [1.165, 1.54) is 19.1 Å². The topological polar surface area (TPSA) is 101 Å². The van der Waals surface area contributed by atoms with Gasteiger partial charge in [0.15, 0.2) is 0 Å². The van der Waals surface area contributed by atoms with Gasteiger partial charge in [-0.2, -0.15) is 8.42 Å². The van der Waals surface area contributed by atoms with Gasteiger partial charge in [0.2, 0.25) is 14.2 Å². The highest BCUT2D eigenvalue weighted by Crippen LogP contribution is 2.27. The van der Waals surface area contributed by atoms with E-state index in [9.17, 15) is 16.8 Å². The van der Waals surface area contributed by atoms with Crippen molar-refractivity contribution >= 4 is 41.5 Å². The molecule has 18 heavy (non-hydrogen) atoms. The molecule has 1 aromatic heterocycles. The molecule has 1 heterocycles. The number of hydrogen-bond donors (Lipinski definition) is 1. The Balaban J connectivity index is 2.68. The number of fused-ring (bicyclic) bond motifs is 1. The third-order valence-electron chi connectivity index (χ3n) is 2.28. The molecular formula is C9H9NO5S3. The van der Waals surface area contributed by atoms with Crippen LogP contribution in [0.15, 0.2) is 27.4 Å². The van der Waals surface area contributed by atoms with Crippen LogP contribution in [-0.2, 0) is 20.0 Å². The number of thiazole rings is 1. The van der Waals surface area contributed by atoms with Crippen LogP contribution in [-0.4, -0.2) is 32.1 Å². The first-order valence-electron chi connectivity index (χ1n) is 4.85. The van der Waals surface area contributed by atoms with Crippen molar-refractivity contribution in [3.8, 4) is 0 Å². The van der Waals surface area contributed by atoms with Crippen molar-refractivity contribution in [1.82, 2.24) is 4.98 Å². The Hall–Kier alpha value is -1.03. The number of nitrogens with zero attached hydrogens (tertiary/aromatic N) is 1. The van der Waals surface area contributed by atoms with Crippen LogP contribution in [0, 0.1) is 0 Å². The second-order valence-electron chi connectivity index (χ2n) is 3.49. The Morgan fingerprint density at radius 2 is 1.94 bits per heavy atom. The van der Waals surface area contributed by atoms with E-state index >= 15 is 0 Å². The summed E-state index contributed by atoms with van der Waals surface area (Å²) >= 11 is 0.973. The predicted molar refractivity (Wildman–Crippen MR) is 67.2 cm³/mol. The Morgan fingerprint density at radius 1 is 1.28 bits per heavy atom. The van der Waals surface area contributed by atoms with E-state index < -0.39 is 20.0 Å². The quantitative estimate of drug-likeness (QED) is 0.859. The molecule has 1 aromatic carbocycles. The Morgan fingerprint density at radius 3 is 2.50 bits per heavy atom. The minimum Gasteiger partial charge on any atom is -0.282 e. The first-order chi connectivity index (χ1) is 8.24. The summed E-state index contributed by atoms with van der Waals surface area (Å²) in [6, 6.07) is 3.78. The van der Waals surface area contributed by atoms with Crippen LogP contribution in [0.3, 0.4) is 0 Å². The van der Waals surface area contributed by atoms with Crippen molar-refractivity contribution in [3.63, 3.8) is 0 Å². The molecule has 0 radical (unpaired) electrons. The lowest BCUT2D eigenvalue weighted by molar-refractivity contribution is 0.483. The van der Waals surface area contributed by atoms with Crippen LogP contribution in [0.2, 0.25) is 0 Å². The molecule has 0 saturated carbocycles. The molecule has 9 heteroatoms. The highest BCUT2D eigenvalue weighted by molar-refractivity contribution is 7.93. The van der Waals surface area contributed by atoms with Crippen LogP contribution in [0.5, 0.6) is 0 Å². The lowest BCUT2D eigenvalue weighted by atomic mass is 10.3. The van der Waals surface area contributed by atoms with Gasteiger partial charge in [-0.3, -0.25) is 4.55 Å². The highest BCUT2D eigenvalue weighted by atomic mass is 32.2. The Bertz CT molecular complexity index is 804. The summed E-state index contributed by atoms with van der Waals surface area (Å²) in [5, 5.41) is 0. The number of benzene rings is 1. The fourth-order valence-corrected chi connectivity index (χ4v) is 4.10. The molecule has 2 aromatic rings. The van der Waals surface area contributed by atoms with E-state index in [1.807, 2.05) is 0 Å². The number of hydrogen-bond acceptors (Lipinski definition) is 6. The van der Waals surface area contributed by atoms with Crippen molar-refractivity contribution in [2.24, 2.45) is 0 Å². The van der Waals surface area contributed by atoms with Crippen LogP contribution in [0.4, 0.5) is 0 Å². The number of sulfone groups is 1. The van der Waals surface area contributed by atoms with E-state index in [0.717, 1.165) is 17.4 Å². The molecule has 0 bridgehead atoms. The maximum Gasteiger partial charge on any atom is 0.294 e. The van der Waals surface area contributed by atoms with Crippen molar-refractivity contribution in [3.05, 3.63) is 18.2 Å². The molecule has 2 rings (SSSR count). The van der Waals surface area contributed by atoms with Gasteiger partial charge in [0.25, 0.3) is 10.1 Å². The maximum atomic E-state index is 11.6. The molecule has 1 N–H and O–H groups in total. The Labute approximate surface area is 108 Å². The monoisotopic (exact) mass is 307 g/mol. The molecule has 0 unspecified atom stereocenters. The van der Waals surface area contributed by atoms with Gasteiger partial charge in [0.1, 0.15) is 0 Å². The van der Waals surface area contributed by atoms with Crippen LogP contribution in [0.25, 0.3) is 10.2 Å². The average Bonchev–Trinajstić information content (AvgIpc) is 2.71. The van der Waals surface area contributed by atoms with E-state index in [2.05, 4.69) is 4.98 Å². The first-order valence-corrected chi connectivity index (χ1v) is 8.76. The lowest BCUT2D eigenvalue weighted by Gasteiger charge is -1.94. The molecule has 0 aliphatic carbocycles. The zero-order chi connectivity index (χ0) is 13.6. The minimum absolute atomic E-state index is 0.0486. The van der Waals surface area contributed by atoms with E-state index in [1.54, 1.807) is 0 Å². The normalized spacial score (nSPS) is 13.0. The summed E-state index contributed by atoms with van der Waals surface area (Å²) in [4.78, 5) is 3.58. The van der Waals surface area contributed by atoms with Gasteiger partial charge in [0, 0.05) is 0 Å². The second-order valence-corrected chi connectivity index (χ2v) is 8.39. The highest BCUT2D eigenvalue weighted by Gasteiger charge is 2.18. The van der Waals surface area contributed by atoms with E-state index in [4.69, 9.17) is 4.55 Å². The van der Waals surface area contributed by atoms with Crippen molar-refractivity contribution in [1.29, 1.82) is 0 Å². The van der Waals surface area contributed by atoms with E-state index in [-0.39, 0.29) is 20.5 Å². The summed E-state index contributed by atoms with van der Waals surface area (Å²) in [5.41, 5.74) is 0.238. The van der Waals surface area contributed by atoms with Gasteiger partial charge in [-0.25, -0.2) is 13.4 Å². The number of aromatic nitrogens is 1. The summed E-state index contributed by atoms with van der Waals surface area (Å²) in [6.45, 7) is 1.50. The summed E-state index contributed by atoms with van der Waals surface area (Å²) < 4.78 is 54.6. The average molecular weight is 307 g/mol. The fraction of sp³-hybridized carbons (Fsp3) is 0.222. The fourth-order valence-electron chi connectivity index (χ4n) is 1.30. The van der Waals surface area contributed by atoms with E-state index in [0.29, 0.717) is 4.70 Å². The molecule has 0 atom stereocenters. The van der Waals surface area contributed by atoms with Gasteiger partial charge in [0.05, 0.1) is 20.9 Å². The minimum atomic E-state index is -4.31. The largest absolute Gasteiger partial charge is 0.294 e. The molecule has 0 spiro atoms. The second kappa shape index (κ2) is 4.26. The molecule has 0 amide bonds. The maximum absolute atomic E-state index is 11.6. The summed E-state index contributed by atoms with van der Waals surface area (Å²) in [7, 11) is -7.72. The van der Waals surface area contributed by atoms with Gasteiger partial charge < -0.3 is 0 Å². The SMILES string of the molecule is CCS(=O)(=O)c1nc2cc(S(=O)(=O)O)ccc2s1. The van der Waals surface area contributed by atoms with Crippen LogP contribution < -0.4 is 0 Å². The van der Waals surface area contributed by atoms with Crippen molar-refractivity contribution in [2.75, 3.05) is 5.75 Å². The third-order valence-corrected chi connectivity index (χ3v) is 6.36. The van der Waals surface area contributed by atoms with Gasteiger partial charge in [-0.1, -0.05) is 6.92 Å². The van der Waals surface area contributed by atoms with Gasteiger partial charge >= 0.3 is 0 Å². The van der Waals surface area contributed by atoms with Crippen LogP contribution in [0.1, 0.15) is 6.92 Å². The Kier molecular flexibility index (Phi) is 3.18. The summed E-state index contributed by atoms with van der Waals surface area (Å²) in [6.07, 6.45) is 0. The molecule has 0 aliphatic rings. The zero-order valence-corrected chi connectivity index (χ0v) is 11.6. The van der Waals surface area contributed by atoms with Gasteiger partial charge in [-0.05, 0) is 18.2 Å². The van der Waals surface area contributed by atoms with Gasteiger partial charge in [-0.15, -0.1) is 11.3 Å². The predicted octanol–water partition coefficient (Wildman–Crippen LogP) is 1.34. The third kappa shape index (κ3) is 2.39. The molecule has 0 fully saturated rings. The number of rotatable bonds is 3. The lowest BCUT2D eigenvalue weighted by Crippen LogP contribution is -2.02. The van der Waals surface area contributed by atoms with Crippen LogP contribution >= 0.6 is 11.3 Å². The molecule has 6 nitrogen and oxygen atoms in total. The summed E-state index contributed by atoms with van der Waals surface area (Å²) in [5.74, 6) is -0.0715. The molecule has 98 valence electrons. The van der Waals surface area contributed by atoms with Crippen molar-refractivity contribution < 1.29 is 21.4 Å². The molecular weight excluding hydrogens is 298 g/mol. The smallest absolute Gasteiger partial charge is 0.282 e. The molecule has 0 aliphatic heterocycles. The van der Waals surface area contributed by atoms with Crippen molar-refractivity contribution in [2.45, 2.75) is 16.2 Å². The zero-order valence-electron chi connectivity index (χ0n) is 9.19.